The van der Waals surface area contributed by atoms with Crippen LogP contribution < -0.4 is 0 Å². The number of rotatable bonds is 3. The number of piperazine rings is 1. The molecule has 1 fully saturated rings. The third-order valence-corrected chi connectivity index (χ3v) is 5.39. The van der Waals surface area contributed by atoms with Crippen LogP contribution in [0, 0.1) is 6.92 Å². The summed E-state index contributed by atoms with van der Waals surface area (Å²) in [5.74, 6) is -0.462. The Labute approximate surface area is 124 Å². The number of nitrogens with zero attached hydrogens (tertiary/aromatic N) is 2. The number of hydrogen-bond donors (Lipinski definition) is 1. The van der Waals surface area contributed by atoms with Crippen LogP contribution in [0.1, 0.15) is 5.56 Å². The number of carbonyl (C=O) groups excluding carboxylic acids is 1. The van der Waals surface area contributed by atoms with E-state index in [0.717, 1.165) is 5.56 Å². The number of carbonyl (C=O) groups is 1. The lowest BCUT2D eigenvalue weighted by atomic mass is 10.2. The second-order valence-electron chi connectivity index (χ2n) is 4.90. The maximum atomic E-state index is 12.5. The first kappa shape index (κ1) is 15.5. The number of sulfonamides is 1. The van der Waals surface area contributed by atoms with Gasteiger partial charge in [-0.3, -0.25) is 4.79 Å². The van der Waals surface area contributed by atoms with Gasteiger partial charge >= 0.3 is 0 Å². The number of amides is 1. The standard InChI is InChI=1S/C14H18N2O4S/c1-3-14(18)15-6-8-16(9-7-15)21(19,20)13-10-11(2)4-5-12(13)17/h3-5,10,17H,1,6-9H2,2H3. The molecule has 1 aromatic carbocycles. The van der Waals surface area contributed by atoms with Crippen LogP contribution in [0.15, 0.2) is 35.7 Å². The van der Waals surface area contributed by atoms with E-state index in [1.807, 2.05) is 0 Å². The van der Waals surface area contributed by atoms with Crippen molar-refractivity contribution >= 4 is 15.9 Å². The van der Waals surface area contributed by atoms with Gasteiger partial charge in [0.1, 0.15) is 10.6 Å². The second-order valence-corrected chi connectivity index (χ2v) is 6.81. The van der Waals surface area contributed by atoms with E-state index in [0.29, 0.717) is 13.1 Å². The van der Waals surface area contributed by atoms with Gasteiger partial charge in [0, 0.05) is 26.2 Å². The lowest BCUT2D eigenvalue weighted by Gasteiger charge is -2.33. The molecule has 0 unspecified atom stereocenters. The highest BCUT2D eigenvalue weighted by Gasteiger charge is 2.31. The molecule has 1 aromatic rings. The first-order valence-electron chi connectivity index (χ1n) is 6.57. The highest BCUT2D eigenvalue weighted by Crippen LogP contribution is 2.27. The molecular formula is C14H18N2O4S. The Kier molecular flexibility index (Phi) is 4.34. The zero-order valence-corrected chi connectivity index (χ0v) is 12.6. The van der Waals surface area contributed by atoms with Crippen molar-refractivity contribution in [2.45, 2.75) is 11.8 Å². The molecular weight excluding hydrogens is 292 g/mol. The Morgan fingerprint density at radius 3 is 2.48 bits per heavy atom. The summed E-state index contributed by atoms with van der Waals surface area (Å²) in [6.07, 6.45) is 1.22. The molecule has 1 N–H and O–H groups in total. The lowest BCUT2D eigenvalue weighted by Crippen LogP contribution is -2.50. The highest BCUT2D eigenvalue weighted by atomic mass is 32.2. The lowest BCUT2D eigenvalue weighted by molar-refractivity contribution is -0.127. The monoisotopic (exact) mass is 310 g/mol. The highest BCUT2D eigenvalue weighted by molar-refractivity contribution is 7.89. The van der Waals surface area contributed by atoms with Crippen molar-refractivity contribution in [2.24, 2.45) is 0 Å². The van der Waals surface area contributed by atoms with Gasteiger partial charge in [-0.1, -0.05) is 12.6 Å². The van der Waals surface area contributed by atoms with E-state index in [4.69, 9.17) is 0 Å². The third kappa shape index (κ3) is 3.08. The van der Waals surface area contributed by atoms with Gasteiger partial charge in [-0.25, -0.2) is 8.42 Å². The summed E-state index contributed by atoms with van der Waals surface area (Å²) in [5.41, 5.74) is 0.756. The average molecular weight is 310 g/mol. The molecule has 21 heavy (non-hydrogen) atoms. The first-order valence-corrected chi connectivity index (χ1v) is 8.01. The van der Waals surface area contributed by atoms with Crippen molar-refractivity contribution < 1.29 is 18.3 Å². The molecule has 6 nitrogen and oxygen atoms in total. The fourth-order valence-corrected chi connectivity index (χ4v) is 3.83. The van der Waals surface area contributed by atoms with E-state index in [-0.39, 0.29) is 29.6 Å². The number of phenols is 1. The topological polar surface area (TPSA) is 77.9 Å². The van der Waals surface area contributed by atoms with Crippen LogP contribution in [0.5, 0.6) is 5.75 Å². The van der Waals surface area contributed by atoms with Gasteiger partial charge in [0.05, 0.1) is 0 Å². The summed E-state index contributed by atoms with van der Waals surface area (Å²) in [5, 5.41) is 9.80. The van der Waals surface area contributed by atoms with E-state index in [1.165, 1.54) is 22.5 Å². The summed E-state index contributed by atoms with van der Waals surface area (Å²) in [6.45, 7) is 6.22. The zero-order chi connectivity index (χ0) is 15.6. The van der Waals surface area contributed by atoms with E-state index in [9.17, 15) is 18.3 Å². The Morgan fingerprint density at radius 1 is 1.29 bits per heavy atom. The molecule has 1 amide bonds. The van der Waals surface area contributed by atoms with Gasteiger partial charge in [-0.2, -0.15) is 4.31 Å². The van der Waals surface area contributed by atoms with Crippen LogP contribution in [-0.2, 0) is 14.8 Å². The molecule has 114 valence electrons. The van der Waals surface area contributed by atoms with Crippen molar-refractivity contribution in [1.82, 2.24) is 9.21 Å². The summed E-state index contributed by atoms with van der Waals surface area (Å²) >= 11 is 0. The van der Waals surface area contributed by atoms with Crippen LogP contribution in [0.2, 0.25) is 0 Å². The predicted molar refractivity (Wildman–Crippen MR) is 78.4 cm³/mol. The molecule has 1 aliphatic rings. The minimum Gasteiger partial charge on any atom is -0.507 e. The summed E-state index contributed by atoms with van der Waals surface area (Å²) in [6, 6.07) is 4.47. The molecule has 0 atom stereocenters. The number of aryl methyl sites for hydroxylation is 1. The maximum absolute atomic E-state index is 12.5. The van der Waals surface area contributed by atoms with Crippen molar-refractivity contribution in [3.05, 3.63) is 36.4 Å². The molecule has 2 rings (SSSR count). The van der Waals surface area contributed by atoms with E-state index < -0.39 is 10.0 Å². The van der Waals surface area contributed by atoms with Gasteiger partial charge in [0.2, 0.25) is 15.9 Å². The molecule has 0 aromatic heterocycles. The zero-order valence-electron chi connectivity index (χ0n) is 11.8. The summed E-state index contributed by atoms with van der Waals surface area (Å²) < 4.78 is 26.4. The number of phenolic OH excluding ortho intramolecular Hbond substituents is 1. The minimum atomic E-state index is -3.75. The van der Waals surface area contributed by atoms with Crippen molar-refractivity contribution in [1.29, 1.82) is 0 Å². The number of hydrogen-bond acceptors (Lipinski definition) is 4. The van der Waals surface area contributed by atoms with Gasteiger partial charge in [0.15, 0.2) is 0 Å². The van der Waals surface area contributed by atoms with Crippen LogP contribution >= 0.6 is 0 Å². The summed E-state index contributed by atoms with van der Waals surface area (Å²) in [4.78, 5) is 13.0. The van der Waals surface area contributed by atoms with Crippen LogP contribution in [0.25, 0.3) is 0 Å². The minimum absolute atomic E-state index is 0.0917. The largest absolute Gasteiger partial charge is 0.507 e. The number of aromatic hydroxyl groups is 1. The molecule has 1 aliphatic heterocycles. The molecule has 0 spiro atoms. The Hall–Kier alpha value is -1.86. The van der Waals surface area contributed by atoms with Gasteiger partial charge in [-0.05, 0) is 30.7 Å². The molecule has 1 saturated heterocycles. The Bertz CT molecular complexity index is 662. The third-order valence-electron chi connectivity index (χ3n) is 3.46. The van der Waals surface area contributed by atoms with E-state index >= 15 is 0 Å². The molecule has 0 radical (unpaired) electrons. The van der Waals surface area contributed by atoms with Gasteiger partial charge in [-0.15, -0.1) is 0 Å². The summed E-state index contributed by atoms with van der Waals surface area (Å²) in [7, 11) is -3.75. The van der Waals surface area contributed by atoms with Gasteiger partial charge in [0.25, 0.3) is 0 Å². The van der Waals surface area contributed by atoms with Crippen LogP contribution in [-0.4, -0.2) is 54.8 Å². The molecule has 7 heteroatoms. The van der Waals surface area contributed by atoms with Gasteiger partial charge < -0.3 is 10.0 Å². The smallest absolute Gasteiger partial charge is 0.246 e. The Morgan fingerprint density at radius 2 is 1.90 bits per heavy atom. The SMILES string of the molecule is C=CC(=O)N1CCN(S(=O)(=O)c2cc(C)ccc2O)CC1. The predicted octanol–water partition coefficient (Wildman–Crippen LogP) is 0.720. The fourth-order valence-electron chi connectivity index (χ4n) is 2.24. The van der Waals surface area contributed by atoms with E-state index in [2.05, 4.69) is 6.58 Å². The normalized spacial score (nSPS) is 16.7. The van der Waals surface area contributed by atoms with Crippen molar-refractivity contribution in [2.75, 3.05) is 26.2 Å². The average Bonchev–Trinajstić information content (AvgIpc) is 2.49. The molecule has 0 saturated carbocycles. The second kappa shape index (κ2) is 5.87. The fraction of sp³-hybridized carbons (Fsp3) is 0.357. The quantitative estimate of drug-likeness (QED) is 0.835. The van der Waals surface area contributed by atoms with Crippen LogP contribution in [0.4, 0.5) is 0 Å². The first-order chi connectivity index (χ1) is 9.86. The molecule has 0 bridgehead atoms. The molecule has 1 heterocycles. The van der Waals surface area contributed by atoms with Crippen molar-refractivity contribution in [3.8, 4) is 5.75 Å². The van der Waals surface area contributed by atoms with Crippen LogP contribution in [0.3, 0.4) is 0 Å². The number of benzene rings is 1. The Balaban J connectivity index is 2.20. The van der Waals surface area contributed by atoms with Crippen molar-refractivity contribution in [3.63, 3.8) is 0 Å². The van der Waals surface area contributed by atoms with E-state index in [1.54, 1.807) is 17.9 Å². The molecule has 0 aliphatic carbocycles. The maximum Gasteiger partial charge on any atom is 0.246 e.